The predicted octanol–water partition coefficient (Wildman–Crippen LogP) is 5.03. The molecule has 1 heterocycles. The van der Waals surface area contributed by atoms with Crippen LogP contribution in [0.4, 0.5) is 0 Å². The number of nitrogens with zero attached hydrogens (tertiary/aromatic N) is 1. The molecule has 0 fully saturated rings. The highest BCUT2D eigenvalue weighted by molar-refractivity contribution is 6.07. The molecule has 1 aromatic heterocycles. The van der Waals surface area contributed by atoms with Crippen LogP contribution in [0.25, 0.3) is 5.57 Å². The zero-order chi connectivity index (χ0) is 23.8. The Morgan fingerprint density at radius 2 is 1.97 bits per heavy atom. The molecule has 32 heavy (non-hydrogen) atoms. The molecule has 2 rings (SSSR count). The summed E-state index contributed by atoms with van der Waals surface area (Å²) in [6.07, 6.45) is 14.6. The van der Waals surface area contributed by atoms with Gasteiger partial charge in [0, 0.05) is 5.56 Å². The number of carbonyl (C=O) groups is 1. The number of aliphatic hydroxyl groups is 1. The van der Waals surface area contributed by atoms with Crippen molar-refractivity contribution in [1.29, 1.82) is 0 Å². The number of hydrogen-bond acceptors (Lipinski definition) is 5. The predicted molar refractivity (Wildman–Crippen MR) is 127 cm³/mol. The van der Waals surface area contributed by atoms with E-state index >= 15 is 0 Å². The molecule has 0 saturated heterocycles. The van der Waals surface area contributed by atoms with Gasteiger partial charge >= 0.3 is 0 Å². The van der Waals surface area contributed by atoms with E-state index in [4.69, 9.17) is 0 Å². The van der Waals surface area contributed by atoms with Crippen molar-refractivity contribution in [3.8, 4) is 5.75 Å². The topological polar surface area (TPSA) is 99.8 Å². The first-order valence-electron chi connectivity index (χ1n) is 11.3. The Hall–Kier alpha value is -2.86. The highest BCUT2D eigenvalue weighted by Crippen LogP contribution is 2.33. The second-order valence-corrected chi connectivity index (χ2v) is 8.79. The molecule has 0 amide bonds. The smallest absolute Gasteiger partial charge is 0.297 e. The van der Waals surface area contributed by atoms with E-state index in [1.807, 2.05) is 13.0 Å². The van der Waals surface area contributed by atoms with Crippen LogP contribution < -0.4 is 5.56 Å². The third-order valence-corrected chi connectivity index (χ3v) is 5.88. The maximum atomic E-state index is 12.6. The number of allylic oxidation sites excluding steroid dienone is 7. The van der Waals surface area contributed by atoms with Gasteiger partial charge in [-0.15, -0.1) is 0 Å². The van der Waals surface area contributed by atoms with E-state index in [1.54, 1.807) is 12.2 Å². The maximum absolute atomic E-state index is 12.6. The van der Waals surface area contributed by atoms with Crippen molar-refractivity contribution < 1.29 is 20.2 Å². The van der Waals surface area contributed by atoms with Crippen LogP contribution in [0.15, 0.2) is 53.0 Å². The van der Waals surface area contributed by atoms with Crippen LogP contribution in [-0.2, 0) is 0 Å². The monoisotopic (exact) mass is 441 g/mol. The lowest BCUT2D eigenvalue weighted by atomic mass is 9.91. The van der Waals surface area contributed by atoms with Gasteiger partial charge in [0.15, 0.2) is 5.78 Å². The molecule has 0 bridgehead atoms. The lowest BCUT2D eigenvalue weighted by molar-refractivity contribution is 0.103. The fourth-order valence-corrected chi connectivity index (χ4v) is 3.92. The van der Waals surface area contributed by atoms with Gasteiger partial charge in [-0.3, -0.25) is 9.59 Å². The number of aromatic hydroxyl groups is 1. The van der Waals surface area contributed by atoms with Crippen molar-refractivity contribution in [2.45, 2.75) is 65.9 Å². The summed E-state index contributed by atoms with van der Waals surface area (Å²) in [5, 5.41) is 30.2. The lowest BCUT2D eigenvalue weighted by Crippen LogP contribution is -2.25. The van der Waals surface area contributed by atoms with Gasteiger partial charge in [0.1, 0.15) is 11.3 Å². The number of pyridine rings is 1. The minimum atomic E-state index is -0.976. The molecular formula is C26H35NO5. The average Bonchev–Trinajstić information content (AvgIpc) is 2.74. The molecule has 6 nitrogen and oxygen atoms in total. The molecular weight excluding hydrogens is 406 g/mol. The van der Waals surface area contributed by atoms with Crippen molar-refractivity contribution in [2.24, 2.45) is 11.8 Å². The quantitative estimate of drug-likeness (QED) is 0.216. The number of ketones is 1. The molecule has 3 atom stereocenters. The van der Waals surface area contributed by atoms with Crippen LogP contribution in [0.2, 0.25) is 0 Å². The molecule has 1 aliphatic carbocycles. The van der Waals surface area contributed by atoms with Crippen LogP contribution in [0, 0.1) is 11.8 Å². The minimum Gasteiger partial charge on any atom is -0.506 e. The Labute approximate surface area is 189 Å². The molecule has 0 aliphatic heterocycles. The summed E-state index contributed by atoms with van der Waals surface area (Å²) in [5.74, 6) is -0.0105. The normalized spacial score (nSPS) is 19.3. The number of aliphatic hydroxyl groups excluding tert-OH is 1. The first-order chi connectivity index (χ1) is 15.1. The van der Waals surface area contributed by atoms with Crippen LogP contribution in [0.5, 0.6) is 5.75 Å². The number of hydrogen-bond donors (Lipinski definition) is 3. The molecule has 6 heteroatoms. The summed E-state index contributed by atoms with van der Waals surface area (Å²) in [6.45, 7) is 8.60. The van der Waals surface area contributed by atoms with Gasteiger partial charge in [-0.05, 0) is 56.1 Å². The average molecular weight is 442 g/mol. The Morgan fingerprint density at radius 1 is 1.28 bits per heavy atom. The standard InChI is InChI=1S/C26H35NO5/c1-5-17(2)14-19(4)15-18(3)8-6-7-9-23(29)24-25(30)22(16-27(32)26(24)31)20-10-12-21(28)13-11-20/h6-10,15-17,19,21,28,30,32H,5,11-14H2,1-4H3/b8-6+,9-7+,18-15+/t17-,19-,21+/m0/s1. The van der Waals surface area contributed by atoms with E-state index in [9.17, 15) is 25.0 Å². The molecule has 0 saturated carbocycles. The van der Waals surface area contributed by atoms with Gasteiger partial charge in [0.25, 0.3) is 5.56 Å². The first kappa shape index (κ1) is 25.4. The fourth-order valence-electron chi connectivity index (χ4n) is 3.92. The minimum absolute atomic E-state index is 0.223. The molecule has 174 valence electrons. The zero-order valence-electron chi connectivity index (χ0n) is 19.4. The van der Waals surface area contributed by atoms with Gasteiger partial charge in [-0.1, -0.05) is 63.1 Å². The Kier molecular flexibility index (Phi) is 9.27. The number of aromatic nitrogens is 1. The summed E-state index contributed by atoms with van der Waals surface area (Å²) in [7, 11) is 0. The third-order valence-electron chi connectivity index (χ3n) is 5.88. The van der Waals surface area contributed by atoms with Gasteiger partial charge in [0.05, 0.1) is 12.3 Å². The van der Waals surface area contributed by atoms with Crippen molar-refractivity contribution in [2.75, 3.05) is 0 Å². The van der Waals surface area contributed by atoms with E-state index in [1.165, 1.54) is 12.2 Å². The van der Waals surface area contributed by atoms with Crippen LogP contribution in [-0.4, -0.2) is 32.0 Å². The Morgan fingerprint density at radius 3 is 2.59 bits per heavy atom. The highest BCUT2D eigenvalue weighted by atomic mass is 16.5. The molecule has 3 N–H and O–H groups in total. The van der Waals surface area contributed by atoms with E-state index < -0.39 is 28.8 Å². The van der Waals surface area contributed by atoms with Crippen molar-refractivity contribution in [3.05, 3.63) is 69.7 Å². The summed E-state index contributed by atoms with van der Waals surface area (Å²) in [5.41, 5.74) is 0.528. The SMILES string of the molecule is CC[C@H](C)C[C@H](C)/C=C(C)/C=C/C=C/C(=O)c1c(O)c(C2=CC[C@@H](O)CC2)cn(O)c1=O. The summed E-state index contributed by atoms with van der Waals surface area (Å²) in [6, 6.07) is 0. The van der Waals surface area contributed by atoms with Gasteiger partial charge in [-0.2, -0.15) is 4.73 Å². The summed E-state index contributed by atoms with van der Waals surface area (Å²) in [4.78, 5) is 24.9. The Balaban J connectivity index is 2.18. The Bertz CT molecular complexity index is 996. The van der Waals surface area contributed by atoms with Crippen molar-refractivity contribution >= 4 is 11.4 Å². The van der Waals surface area contributed by atoms with E-state index in [0.29, 0.717) is 41.4 Å². The number of rotatable bonds is 9. The second-order valence-electron chi connectivity index (χ2n) is 8.79. The van der Waals surface area contributed by atoms with Crippen molar-refractivity contribution in [1.82, 2.24) is 4.73 Å². The van der Waals surface area contributed by atoms with E-state index in [0.717, 1.165) is 24.6 Å². The summed E-state index contributed by atoms with van der Waals surface area (Å²) < 4.78 is 0.323. The number of carbonyl (C=O) groups excluding carboxylic acids is 1. The zero-order valence-corrected chi connectivity index (χ0v) is 19.4. The largest absolute Gasteiger partial charge is 0.506 e. The second kappa shape index (κ2) is 11.7. The van der Waals surface area contributed by atoms with Gasteiger partial charge in [0.2, 0.25) is 0 Å². The van der Waals surface area contributed by atoms with E-state index in [2.05, 4.69) is 26.8 Å². The molecule has 0 unspecified atom stereocenters. The van der Waals surface area contributed by atoms with Crippen LogP contribution in [0.1, 0.15) is 75.7 Å². The maximum Gasteiger partial charge on any atom is 0.297 e. The molecule has 1 aliphatic rings. The highest BCUT2D eigenvalue weighted by Gasteiger charge is 2.23. The molecule has 0 radical (unpaired) electrons. The van der Waals surface area contributed by atoms with Gasteiger partial charge in [-0.25, -0.2) is 0 Å². The van der Waals surface area contributed by atoms with Crippen LogP contribution >= 0.6 is 0 Å². The van der Waals surface area contributed by atoms with Crippen molar-refractivity contribution in [3.63, 3.8) is 0 Å². The molecule has 0 aromatic carbocycles. The molecule has 1 aromatic rings. The van der Waals surface area contributed by atoms with Gasteiger partial charge < -0.3 is 15.4 Å². The summed E-state index contributed by atoms with van der Waals surface area (Å²) >= 11 is 0. The third kappa shape index (κ3) is 6.82. The molecule has 0 spiro atoms. The van der Waals surface area contributed by atoms with E-state index in [-0.39, 0.29) is 5.56 Å². The lowest BCUT2D eigenvalue weighted by Gasteiger charge is -2.19. The fraction of sp³-hybridized carbons (Fsp3) is 0.462. The van der Waals surface area contributed by atoms with Crippen LogP contribution in [0.3, 0.4) is 0 Å². The first-order valence-corrected chi connectivity index (χ1v) is 11.3.